The maximum absolute atomic E-state index is 7.12. The summed E-state index contributed by atoms with van der Waals surface area (Å²) in [5.41, 5.74) is 8.82. The van der Waals surface area contributed by atoms with Crippen LogP contribution in [0, 0.1) is 0 Å². The number of nitrogens with zero attached hydrogens (tertiary/aromatic N) is 3. The molecule has 4 heterocycles. The van der Waals surface area contributed by atoms with Gasteiger partial charge in [-0.3, -0.25) is 0 Å². The number of aromatic nitrogens is 3. The van der Waals surface area contributed by atoms with Crippen molar-refractivity contribution < 1.29 is 4.42 Å². The molecule has 0 unspecified atom stereocenters. The first-order valence-corrected chi connectivity index (χ1v) is 18.6. The number of hydrogen-bond acceptors (Lipinski definition) is 4. The molecule has 0 saturated carbocycles. The Balaban J connectivity index is 1.23. The third-order valence-electron chi connectivity index (χ3n) is 10.8. The molecule has 0 bridgehead atoms. The Morgan fingerprint density at radius 1 is 0.491 bits per heavy atom. The third-order valence-corrected chi connectivity index (χ3v) is 11.9. The van der Waals surface area contributed by atoms with Gasteiger partial charge < -0.3 is 8.98 Å². The summed E-state index contributed by atoms with van der Waals surface area (Å²) in [6.07, 6.45) is 0. The average molecular weight is 694 g/mol. The van der Waals surface area contributed by atoms with Crippen LogP contribution in [-0.2, 0) is 0 Å². The smallest absolute Gasteiger partial charge is 0.164 e. The SMILES string of the molecule is c1ccc(-c2nc(-c3ccc(-n4c5ccccc5c5cc6ccccc6cc54)c4c3oc3c5ccccc5ccc34)nc3c2sc2ccccc23)cc1. The molecule has 0 aliphatic rings. The second kappa shape index (κ2) is 10.8. The average Bonchev–Trinajstić information content (AvgIpc) is 3.90. The lowest BCUT2D eigenvalue weighted by atomic mass is 10.0. The highest BCUT2D eigenvalue weighted by atomic mass is 32.1. The lowest BCUT2D eigenvalue weighted by molar-refractivity contribution is 0.673. The van der Waals surface area contributed by atoms with Crippen molar-refractivity contribution in [3.63, 3.8) is 0 Å². The van der Waals surface area contributed by atoms with Gasteiger partial charge in [-0.15, -0.1) is 11.3 Å². The Morgan fingerprint density at radius 2 is 1.21 bits per heavy atom. The first-order valence-electron chi connectivity index (χ1n) is 17.8. The third kappa shape index (κ3) is 4.11. The molecule has 12 aromatic rings. The summed E-state index contributed by atoms with van der Waals surface area (Å²) >= 11 is 1.75. The summed E-state index contributed by atoms with van der Waals surface area (Å²) in [7, 11) is 0. The van der Waals surface area contributed by atoms with E-state index < -0.39 is 0 Å². The highest BCUT2D eigenvalue weighted by molar-refractivity contribution is 7.26. The molecule has 246 valence electrons. The van der Waals surface area contributed by atoms with Gasteiger partial charge >= 0.3 is 0 Å². The monoisotopic (exact) mass is 693 g/mol. The zero-order valence-electron chi connectivity index (χ0n) is 28.2. The number of hydrogen-bond donors (Lipinski definition) is 0. The molecule has 12 rings (SSSR count). The predicted molar refractivity (Wildman–Crippen MR) is 222 cm³/mol. The van der Waals surface area contributed by atoms with Crippen LogP contribution >= 0.6 is 11.3 Å². The van der Waals surface area contributed by atoms with Crippen LogP contribution in [0.2, 0.25) is 0 Å². The zero-order valence-corrected chi connectivity index (χ0v) is 29.1. The van der Waals surface area contributed by atoms with Crippen molar-refractivity contribution in [3.8, 4) is 28.3 Å². The molecular weight excluding hydrogens is 667 g/mol. The van der Waals surface area contributed by atoms with Crippen molar-refractivity contribution in [1.82, 2.24) is 14.5 Å². The van der Waals surface area contributed by atoms with E-state index in [4.69, 9.17) is 14.4 Å². The number of benzene rings is 8. The summed E-state index contributed by atoms with van der Waals surface area (Å²) in [5, 5.41) is 10.3. The molecule has 4 nitrogen and oxygen atoms in total. The Bertz CT molecular complexity index is 3460. The van der Waals surface area contributed by atoms with Gasteiger partial charge in [0.2, 0.25) is 0 Å². The lowest BCUT2D eigenvalue weighted by Gasteiger charge is -2.13. The summed E-state index contributed by atoms with van der Waals surface area (Å²) < 4.78 is 11.8. The first-order chi connectivity index (χ1) is 26.3. The van der Waals surface area contributed by atoms with E-state index in [2.05, 4.69) is 162 Å². The maximum atomic E-state index is 7.12. The molecule has 0 atom stereocenters. The molecule has 53 heavy (non-hydrogen) atoms. The molecule has 4 aromatic heterocycles. The van der Waals surface area contributed by atoms with Crippen LogP contribution in [0.15, 0.2) is 168 Å². The molecule has 0 amide bonds. The van der Waals surface area contributed by atoms with Crippen molar-refractivity contribution in [1.29, 1.82) is 0 Å². The quantitative estimate of drug-likeness (QED) is 0.185. The summed E-state index contributed by atoms with van der Waals surface area (Å²) in [5.74, 6) is 0.646. The number of rotatable bonds is 3. The number of fused-ring (bicyclic) bond motifs is 12. The van der Waals surface area contributed by atoms with Crippen LogP contribution in [0.25, 0.3) is 114 Å². The normalized spacial score (nSPS) is 12.2. The van der Waals surface area contributed by atoms with Crippen molar-refractivity contribution in [2.75, 3.05) is 0 Å². The minimum absolute atomic E-state index is 0.646. The van der Waals surface area contributed by atoms with Crippen LogP contribution in [0.1, 0.15) is 0 Å². The van der Waals surface area contributed by atoms with Gasteiger partial charge in [-0.05, 0) is 58.6 Å². The van der Waals surface area contributed by atoms with Crippen molar-refractivity contribution >= 4 is 96.9 Å². The van der Waals surface area contributed by atoms with E-state index in [9.17, 15) is 0 Å². The molecular formula is C48H27N3OS. The van der Waals surface area contributed by atoms with Gasteiger partial charge in [0.05, 0.1) is 43.6 Å². The van der Waals surface area contributed by atoms with Crippen LogP contribution in [0.4, 0.5) is 0 Å². The molecule has 0 saturated heterocycles. The molecule has 0 spiro atoms. The van der Waals surface area contributed by atoms with Gasteiger partial charge in [0.1, 0.15) is 11.2 Å². The van der Waals surface area contributed by atoms with E-state index in [1.807, 2.05) is 6.07 Å². The second-order valence-corrected chi connectivity index (χ2v) is 14.8. The van der Waals surface area contributed by atoms with E-state index in [1.54, 1.807) is 11.3 Å². The van der Waals surface area contributed by atoms with Gasteiger partial charge in [0, 0.05) is 37.2 Å². The van der Waals surface area contributed by atoms with Crippen molar-refractivity contribution in [2.24, 2.45) is 0 Å². The summed E-state index contributed by atoms with van der Waals surface area (Å²) in [4.78, 5) is 10.7. The van der Waals surface area contributed by atoms with Gasteiger partial charge in [-0.25, -0.2) is 9.97 Å². The summed E-state index contributed by atoms with van der Waals surface area (Å²) in [6.45, 7) is 0. The number of para-hydroxylation sites is 1. The standard InChI is InChI=1S/C48H27N3OS/c1-2-13-29(14-3-1)43-47-44(34-19-9-11-21-41(34)53-47)50-48(49-43)36-24-25-39(42-35-23-22-28-12-6-7-17-32(28)45(35)52-46(36)42)51-38-20-10-8-18-33(38)37-26-30-15-4-5-16-31(30)27-40(37)51/h1-27H. The molecule has 0 aliphatic carbocycles. The largest absolute Gasteiger partial charge is 0.455 e. The van der Waals surface area contributed by atoms with Crippen LogP contribution < -0.4 is 0 Å². The van der Waals surface area contributed by atoms with E-state index in [0.717, 1.165) is 81.9 Å². The zero-order chi connectivity index (χ0) is 34.6. The van der Waals surface area contributed by atoms with Gasteiger partial charge in [-0.2, -0.15) is 0 Å². The molecule has 8 aromatic carbocycles. The minimum atomic E-state index is 0.646. The van der Waals surface area contributed by atoms with E-state index >= 15 is 0 Å². The fraction of sp³-hybridized carbons (Fsp3) is 0. The Morgan fingerprint density at radius 3 is 2.08 bits per heavy atom. The topological polar surface area (TPSA) is 43.9 Å². The first kappa shape index (κ1) is 28.8. The predicted octanol–water partition coefficient (Wildman–Crippen LogP) is 13.5. The highest BCUT2D eigenvalue weighted by Crippen LogP contribution is 2.46. The fourth-order valence-electron chi connectivity index (χ4n) is 8.37. The highest BCUT2D eigenvalue weighted by Gasteiger charge is 2.24. The maximum Gasteiger partial charge on any atom is 0.164 e. The van der Waals surface area contributed by atoms with E-state index in [0.29, 0.717) is 5.82 Å². The Kier molecular flexibility index (Phi) is 5.90. The number of furan rings is 1. The fourth-order valence-corrected chi connectivity index (χ4v) is 9.52. The lowest BCUT2D eigenvalue weighted by Crippen LogP contribution is -1.98. The van der Waals surface area contributed by atoms with Crippen LogP contribution in [0.5, 0.6) is 0 Å². The van der Waals surface area contributed by atoms with Crippen LogP contribution in [-0.4, -0.2) is 14.5 Å². The minimum Gasteiger partial charge on any atom is -0.455 e. The van der Waals surface area contributed by atoms with Crippen LogP contribution in [0.3, 0.4) is 0 Å². The van der Waals surface area contributed by atoms with Crippen molar-refractivity contribution in [2.45, 2.75) is 0 Å². The van der Waals surface area contributed by atoms with Gasteiger partial charge in [-0.1, -0.05) is 121 Å². The summed E-state index contributed by atoms with van der Waals surface area (Å²) in [6, 6.07) is 58.2. The van der Waals surface area contributed by atoms with E-state index in [1.165, 1.54) is 26.2 Å². The molecule has 0 aliphatic heterocycles. The molecule has 0 radical (unpaired) electrons. The molecule has 5 heteroatoms. The van der Waals surface area contributed by atoms with Crippen molar-refractivity contribution in [3.05, 3.63) is 164 Å². The second-order valence-electron chi connectivity index (χ2n) is 13.7. The Hall–Kier alpha value is -6.82. The Labute approximate surface area is 306 Å². The van der Waals surface area contributed by atoms with Gasteiger partial charge in [0.15, 0.2) is 5.82 Å². The molecule has 0 fully saturated rings. The molecule has 0 N–H and O–H groups in total. The van der Waals surface area contributed by atoms with E-state index in [-0.39, 0.29) is 0 Å². The van der Waals surface area contributed by atoms with Gasteiger partial charge in [0.25, 0.3) is 0 Å². The number of thiophene rings is 1.